The molecule has 1 atom stereocenters. The Labute approximate surface area is 196 Å². The second-order valence-corrected chi connectivity index (χ2v) is 8.05. The van der Waals surface area contributed by atoms with E-state index in [9.17, 15) is 9.90 Å². The van der Waals surface area contributed by atoms with Gasteiger partial charge in [0.2, 0.25) is 0 Å². The molecule has 1 unspecified atom stereocenters. The Bertz CT molecular complexity index is 1530. The number of para-hydroxylation sites is 1. The maximum absolute atomic E-state index is 12.7. The maximum atomic E-state index is 12.7. The van der Waals surface area contributed by atoms with Gasteiger partial charge in [-0.1, -0.05) is 48.5 Å². The number of carbonyl (C=O) groups is 1. The van der Waals surface area contributed by atoms with Gasteiger partial charge in [-0.3, -0.25) is 4.79 Å². The molecule has 0 radical (unpaired) electrons. The molecular weight excluding hydrogens is 430 g/mol. The quantitative estimate of drug-likeness (QED) is 0.206. The Hall–Kier alpha value is -3.94. The molecule has 5 aromatic rings. The van der Waals surface area contributed by atoms with Crippen LogP contribution in [-0.4, -0.2) is 34.7 Å². The second kappa shape index (κ2) is 9.13. The minimum Gasteiger partial charge on any atom is -0.451 e. The molecule has 0 fully saturated rings. The average molecular weight is 456 g/mol. The van der Waals surface area contributed by atoms with Crippen molar-refractivity contribution in [1.82, 2.24) is 9.99 Å². The highest BCUT2D eigenvalue weighted by molar-refractivity contribution is 6.08. The van der Waals surface area contributed by atoms with Gasteiger partial charge < -0.3 is 18.8 Å². The lowest BCUT2D eigenvalue weighted by molar-refractivity contribution is -0.103. The summed E-state index contributed by atoms with van der Waals surface area (Å²) in [5, 5.41) is 18.3. The number of hydrazone groups is 1. The van der Waals surface area contributed by atoms with Crippen molar-refractivity contribution in [2.24, 2.45) is 5.10 Å². The maximum Gasteiger partial charge on any atom is 0.307 e. The molecule has 0 spiro atoms. The smallest absolute Gasteiger partial charge is 0.307 e. The van der Waals surface area contributed by atoms with Crippen molar-refractivity contribution in [2.45, 2.75) is 26.7 Å². The highest BCUT2D eigenvalue weighted by atomic mass is 16.6. The van der Waals surface area contributed by atoms with Crippen LogP contribution in [0.2, 0.25) is 0 Å². The van der Waals surface area contributed by atoms with Crippen LogP contribution in [0.4, 0.5) is 0 Å². The van der Waals surface area contributed by atoms with Crippen molar-refractivity contribution < 1.29 is 19.1 Å². The number of hydrogen-bond acceptors (Lipinski definition) is 5. The number of aromatic nitrogens is 1. The number of fused-ring (bicyclic) bond motifs is 4. The molecule has 2 heterocycles. The number of ether oxygens (including phenoxy) is 1. The zero-order chi connectivity index (χ0) is 23.7. The molecule has 3 aromatic carbocycles. The van der Waals surface area contributed by atoms with E-state index in [4.69, 9.17) is 9.15 Å². The first-order valence-corrected chi connectivity index (χ1v) is 11.2. The molecule has 2 aromatic heterocycles. The Balaban J connectivity index is 1.41. The summed E-state index contributed by atoms with van der Waals surface area (Å²) in [6.07, 6.45) is 0.713. The van der Waals surface area contributed by atoms with E-state index in [0.717, 1.165) is 38.3 Å². The standard InChI is InChI=1S/C27H25N3O4/c1-3-33-26(31)16-30-17(2)22(20-10-6-7-11-23(20)30)15-28-29-27(32)25-14-21-19-9-5-4-8-18(19)12-13-24(21)34-25/h4-15,26,31H,3,16H2,1-2H3,(H,29,32)/b28-15+. The third-order valence-corrected chi connectivity index (χ3v) is 5.99. The van der Waals surface area contributed by atoms with Gasteiger partial charge in [0.1, 0.15) is 5.58 Å². The van der Waals surface area contributed by atoms with Crippen molar-refractivity contribution in [3.05, 3.63) is 83.7 Å². The number of amides is 1. The number of nitrogens with zero attached hydrogens (tertiary/aromatic N) is 2. The predicted molar refractivity (Wildman–Crippen MR) is 133 cm³/mol. The first-order valence-electron chi connectivity index (χ1n) is 11.2. The number of rotatable bonds is 7. The van der Waals surface area contributed by atoms with Crippen LogP contribution in [0.25, 0.3) is 32.6 Å². The van der Waals surface area contributed by atoms with Crippen molar-refractivity contribution in [3.8, 4) is 0 Å². The molecule has 2 N–H and O–H groups in total. The van der Waals surface area contributed by atoms with E-state index in [0.29, 0.717) is 18.7 Å². The largest absolute Gasteiger partial charge is 0.451 e. The lowest BCUT2D eigenvalue weighted by Crippen LogP contribution is -2.20. The van der Waals surface area contributed by atoms with Gasteiger partial charge in [-0.2, -0.15) is 5.10 Å². The van der Waals surface area contributed by atoms with E-state index in [1.807, 2.05) is 79.1 Å². The average Bonchev–Trinajstić information content (AvgIpc) is 3.40. The molecule has 0 aliphatic rings. The number of aliphatic hydroxyl groups is 1. The topological polar surface area (TPSA) is 89.0 Å². The Morgan fingerprint density at radius 1 is 1.12 bits per heavy atom. The van der Waals surface area contributed by atoms with Gasteiger partial charge >= 0.3 is 5.91 Å². The molecule has 34 heavy (non-hydrogen) atoms. The zero-order valence-corrected chi connectivity index (χ0v) is 19.0. The third-order valence-electron chi connectivity index (χ3n) is 5.99. The molecule has 0 aliphatic carbocycles. The van der Waals surface area contributed by atoms with Gasteiger partial charge in [-0.25, -0.2) is 5.43 Å². The first-order chi connectivity index (χ1) is 16.6. The molecular formula is C27H25N3O4. The van der Waals surface area contributed by atoms with Crippen molar-refractivity contribution >= 4 is 44.8 Å². The van der Waals surface area contributed by atoms with E-state index in [2.05, 4.69) is 10.5 Å². The van der Waals surface area contributed by atoms with Crippen LogP contribution in [0.1, 0.15) is 28.7 Å². The van der Waals surface area contributed by atoms with Gasteiger partial charge in [0.25, 0.3) is 0 Å². The molecule has 172 valence electrons. The van der Waals surface area contributed by atoms with Crippen LogP contribution in [0, 0.1) is 6.92 Å². The Kier molecular flexibility index (Phi) is 5.88. The van der Waals surface area contributed by atoms with E-state index < -0.39 is 12.2 Å². The molecule has 0 bridgehead atoms. The molecule has 0 aliphatic heterocycles. The minimum atomic E-state index is -0.909. The van der Waals surface area contributed by atoms with E-state index in [-0.39, 0.29) is 5.76 Å². The van der Waals surface area contributed by atoms with Gasteiger partial charge in [-0.15, -0.1) is 0 Å². The number of furan rings is 1. The van der Waals surface area contributed by atoms with Crippen LogP contribution in [0.3, 0.4) is 0 Å². The summed E-state index contributed by atoms with van der Waals surface area (Å²) >= 11 is 0. The van der Waals surface area contributed by atoms with Crippen LogP contribution in [0.5, 0.6) is 0 Å². The molecule has 5 rings (SSSR count). The fourth-order valence-electron chi connectivity index (χ4n) is 4.37. The predicted octanol–water partition coefficient (Wildman–Crippen LogP) is 4.97. The summed E-state index contributed by atoms with van der Waals surface area (Å²) in [6, 6.07) is 21.4. The fourth-order valence-corrected chi connectivity index (χ4v) is 4.37. The number of carbonyl (C=O) groups excluding carboxylic acids is 1. The van der Waals surface area contributed by atoms with Crippen LogP contribution in [-0.2, 0) is 11.3 Å². The summed E-state index contributed by atoms with van der Waals surface area (Å²) < 4.78 is 13.1. The van der Waals surface area contributed by atoms with E-state index in [1.54, 1.807) is 12.3 Å². The summed E-state index contributed by atoms with van der Waals surface area (Å²) in [7, 11) is 0. The highest BCUT2D eigenvalue weighted by Crippen LogP contribution is 2.28. The lowest BCUT2D eigenvalue weighted by Gasteiger charge is -2.14. The van der Waals surface area contributed by atoms with Crippen molar-refractivity contribution in [2.75, 3.05) is 6.61 Å². The van der Waals surface area contributed by atoms with Crippen molar-refractivity contribution in [1.29, 1.82) is 0 Å². The number of aliphatic hydroxyl groups excluding tert-OH is 1. The van der Waals surface area contributed by atoms with Crippen LogP contribution in [0.15, 0.2) is 76.2 Å². The summed E-state index contributed by atoms with van der Waals surface area (Å²) in [5.41, 5.74) is 5.95. The second-order valence-electron chi connectivity index (χ2n) is 8.05. The van der Waals surface area contributed by atoms with Gasteiger partial charge in [0.15, 0.2) is 12.1 Å². The fraction of sp³-hybridized carbons (Fsp3) is 0.185. The van der Waals surface area contributed by atoms with Gasteiger partial charge in [0.05, 0.1) is 12.8 Å². The minimum absolute atomic E-state index is 0.197. The highest BCUT2D eigenvalue weighted by Gasteiger charge is 2.16. The number of nitrogens with one attached hydrogen (secondary N) is 1. The Morgan fingerprint density at radius 3 is 2.71 bits per heavy atom. The number of benzene rings is 3. The molecule has 0 saturated heterocycles. The van der Waals surface area contributed by atoms with Gasteiger partial charge in [0, 0.05) is 34.2 Å². The Morgan fingerprint density at radius 2 is 1.88 bits per heavy atom. The zero-order valence-electron chi connectivity index (χ0n) is 19.0. The molecule has 0 saturated carbocycles. The SMILES string of the molecule is CCOC(O)Cn1c(C)c(/C=N/NC(=O)c2cc3c(ccc4ccccc43)o2)c2ccccc21. The van der Waals surface area contributed by atoms with E-state index >= 15 is 0 Å². The molecule has 1 amide bonds. The summed E-state index contributed by atoms with van der Waals surface area (Å²) in [6.45, 7) is 4.52. The van der Waals surface area contributed by atoms with E-state index in [1.165, 1.54) is 0 Å². The summed E-state index contributed by atoms with van der Waals surface area (Å²) in [4.78, 5) is 12.7. The van der Waals surface area contributed by atoms with Crippen LogP contribution >= 0.6 is 0 Å². The first kappa shape index (κ1) is 21.9. The lowest BCUT2D eigenvalue weighted by atomic mass is 10.1. The summed E-state index contributed by atoms with van der Waals surface area (Å²) in [5.74, 6) is -0.229. The normalized spacial score (nSPS) is 12.8. The van der Waals surface area contributed by atoms with Crippen molar-refractivity contribution in [3.63, 3.8) is 0 Å². The molecule has 7 nitrogen and oxygen atoms in total. The molecule has 7 heteroatoms. The third kappa shape index (κ3) is 3.96. The van der Waals surface area contributed by atoms with Crippen LogP contribution < -0.4 is 5.43 Å². The number of hydrogen-bond donors (Lipinski definition) is 2. The van der Waals surface area contributed by atoms with Gasteiger partial charge in [-0.05, 0) is 42.8 Å². The monoisotopic (exact) mass is 455 g/mol.